The van der Waals surface area contributed by atoms with Crippen molar-refractivity contribution < 1.29 is 4.79 Å². The summed E-state index contributed by atoms with van der Waals surface area (Å²) in [4.78, 5) is 12.4. The Balaban J connectivity index is 1.66. The molecule has 0 atom stereocenters. The highest BCUT2D eigenvalue weighted by Gasteiger charge is 2.12. The normalized spacial score (nSPS) is 10.8. The molecule has 2 heterocycles. The van der Waals surface area contributed by atoms with Gasteiger partial charge in [-0.05, 0) is 25.0 Å². The summed E-state index contributed by atoms with van der Waals surface area (Å²) in [6, 6.07) is 10.0. The molecule has 0 aliphatic heterocycles. The van der Waals surface area contributed by atoms with Gasteiger partial charge in [0, 0.05) is 18.9 Å². The zero-order chi connectivity index (χ0) is 16.9. The number of carbonyl (C=O) groups excluding carboxylic acids is 1. The number of hydrogen-bond donors (Lipinski definition) is 1. The Morgan fingerprint density at radius 3 is 2.71 bits per heavy atom. The van der Waals surface area contributed by atoms with E-state index in [0.29, 0.717) is 17.9 Å². The number of rotatable bonds is 6. The molecule has 0 aliphatic rings. The maximum absolute atomic E-state index is 12.4. The van der Waals surface area contributed by atoms with Gasteiger partial charge in [-0.2, -0.15) is 10.2 Å². The molecular formula is C18H21N5O. The van der Waals surface area contributed by atoms with Crippen LogP contribution in [0.5, 0.6) is 0 Å². The van der Waals surface area contributed by atoms with Crippen LogP contribution in [0.15, 0.2) is 48.9 Å². The van der Waals surface area contributed by atoms with E-state index >= 15 is 0 Å². The molecule has 0 bridgehead atoms. The number of aromatic nitrogens is 4. The second-order valence-electron chi connectivity index (χ2n) is 5.81. The Hall–Kier alpha value is -2.89. The molecular weight excluding hydrogens is 302 g/mol. The fourth-order valence-electron chi connectivity index (χ4n) is 2.51. The van der Waals surface area contributed by atoms with E-state index in [1.165, 1.54) is 11.1 Å². The maximum atomic E-state index is 12.4. The fourth-order valence-corrected chi connectivity index (χ4v) is 2.51. The summed E-state index contributed by atoms with van der Waals surface area (Å²) in [5.41, 5.74) is 3.64. The van der Waals surface area contributed by atoms with Crippen LogP contribution in [0, 0.1) is 6.92 Å². The molecule has 3 aromatic rings. The number of anilines is 1. The molecule has 1 aromatic carbocycles. The highest BCUT2D eigenvalue weighted by Crippen LogP contribution is 2.11. The molecule has 0 saturated carbocycles. The number of amides is 1. The molecule has 0 spiro atoms. The zero-order valence-electron chi connectivity index (χ0n) is 13.9. The third kappa shape index (κ3) is 3.71. The van der Waals surface area contributed by atoms with Crippen LogP contribution in [0.2, 0.25) is 0 Å². The number of hydrogen-bond acceptors (Lipinski definition) is 3. The Kier molecular flexibility index (Phi) is 4.74. The van der Waals surface area contributed by atoms with Gasteiger partial charge in [-0.3, -0.25) is 14.2 Å². The van der Waals surface area contributed by atoms with Gasteiger partial charge in [-0.25, -0.2) is 0 Å². The summed E-state index contributed by atoms with van der Waals surface area (Å²) in [6.07, 6.45) is 6.06. The van der Waals surface area contributed by atoms with Crippen molar-refractivity contribution in [3.63, 3.8) is 0 Å². The van der Waals surface area contributed by atoms with Crippen LogP contribution >= 0.6 is 0 Å². The fraction of sp³-hybridized carbons (Fsp3) is 0.278. The van der Waals surface area contributed by atoms with E-state index in [-0.39, 0.29) is 5.91 Å². The second-order valence-corrected chi connectivity index (χ2v) is 5.81. The van der Waals surface area contributed by atoms with Gasteiger partial charge in [0.05, 0.1) is 18.4 Å². The highest BCUT2D eigenvalue weighted by molar-refractivity contribution is 6.02. The number of benzene rings is 1. The first kappa shape index (κ1) is 16.0. The van der Waals surface area contributed by atoms with Gasteiger partial charge in [0.2, 0.25) is 0 Å². The van der Waals surface area contributed by atoms with E-state index in [1.54, 1.807) is 23.1 Å². The molecule has 0 saturated heterocycles. The van der Waals surface area contributed by atoms with E-state index in [2.05, 4.69) is 53.6 Å². The van der Waals surface area contributed by atoms with Gasteiger partial charge in [-0.1, -0.05) is 36.8 Å². The first-order chi connectivity index (χ1) is 11.7. The van der Waals surface area contributed by atoms with Gasteiger partial charge >= 0.3 is 0 Å². The molecule has 6 heteroatoms. The number of nitrogens with zero attached hydrogens (tertiary/aromatic N) is 4. The molecule has 3 rings (SSSR count). The summed E-state index contributed by atoms with van der Waals surface area (Å²) in [6.45, 7) is 5.51. The quantitative estimate of drug-likeness (QED) is 0.758. The van der Waals surface area contributed by atoms with E-state index in [4.69, 9.17) is 0 Å². The molecule has 0 unspecified atom stereocenters. The van der Waals surface area contributed by atoms with Crippen LogP contribution in [0.1, 0.15) is 35.0 Å². The Labute approximate surface area is 141 Å². The Bertz CT molecular complexity index is 816. The first-order valence-corrected chi connectivity index (χ1v) is 8.07. The summed E-state index contributed by atoms with van der Waals surface area (Å²) < 4.78 is 3.52. The second kappa shape index (κ2) is 7.12. The lowest BCUT2D eigenvalue weighted by molar-refractivity contribution is 0.101. The standard InChI is InChI=1S/C18H21N5O/c1-3-10-23-17(8-9-19-23)18(24)21-16-11-20-22(13-16)12-15-6-4-14(2)5-7-15/h4-9,11,13H,3,10,12H2,1-2H3,(H,21,24). The Morgan fingerprint density at radius 1 is 1.17 bits per heavy atom. The number of aryl methyl sites for hydroxylation is 2. The van der Waals surface area contributed by atoms with Crippen LogP contribution in [0.25, 0.3) is 0 Å². The topological polar surface area (TPSA) is 64.7 Å². The van der Waals surface area contributed by atoms with Crippen LogP contribution < -0.4 is 5.32 Å². The number of nitrogens with one attached hydrogen (secondary N) is 1. The van der Waals surface area contributed by atoms with Crippen molar-refractivity contribution in [2.24, 2.45) is 0 Å². The van der Waals surface area contributed by atoms with Crippen LogP contribution in [-0.4, -0.2) is 25.5 Å². The molecule has 2 aromatic heterocycles. The van der Waals surface area contributed by atoms with Crippen LogP contribution in [0.4, 0.5) is 5.69 Å². The lowest BCUT2D eigenvalue weighted by Gasteiger charge is -2.06. The minimum Gasteiger partial charge on any atom is -0.318 e. The summed E-state index contributed by atoms with van der Waals surface area (Å²) in [7, 11) is 0. The molecule has 24 heavy (non-hydrogen) atoms. The average Bonchev–Trinajstić information content (AvgIpc) is 3.19. The van der Waals surface area contributed by atoms with Crippen LogP contribution in [-0.2, 0) is 13.1 Å². The molecule has 0 aliphatic carbocycles. The molecule has 0 radical (unpaired) electrons. The van der Waals surface area contributed by atoms with Crippen molar-refractivity contribution in [3.05, 3.63) is 65.7 Å². The zero-order valence-corrected chi connectivity index (χ0v) is 13.9. The molecule has 0 fully saturated rings. The van der Waals surface area contributed by atoms with Crippen molar-refractivity contribution in [1.29, 1.82) is 0 Å². The van der Waals surface area contributed by atoms with Gasteiger partial charge in [0.25, 0.3) is 5.91 Å². The van der Waals surface area contributed by atoms with Crippen molar-refractivity contribution in [3.8, 4) is 0 Å². The van der Waals surface area contributed by atoms with Gasteiger partial charge < -0.3 is 5.32 Å². The molecule has 124 valence electrons. The van der Waals surface area contributed by atoms with Gasteiger partial charge in [0.1, 0.15) is 5.69 Å². The van der Waals surface area contributed by atoms with Crippen molar-refractivity contribution in [2.45, 2.75) is 33.4 Å². The SMILES string of the molecule is CCCn1nccc1C(=O)Nc1cnn(Cc2ccc(C)cc2)c1. The lowest BCUT2D eigenvalue weighted by atomic mass is 10.1. The highest BCUT2D eigenvalue weighted by atomic mass is 16.2. The van der Waals surface area contributed by atoms with E-state index < -0.39 is 0 Å². The van der Waals surface area contributed by atoms with Crippen molar-refractivity contribution in [1.82, 2.24) is 19.6 Å². The van der Waals surface area contributed by atoms with E-state index in [1.807, 2.05) is 10.9 Å². The number of carbonyl (C=O) groups is 1. The largest absolute Gasteiger partial charge is 0.318 e. The predicted molar refractivity (Wildman–Crippen MR) is 93.0 cm³/mol. The van der Waals surface area contributed by atoms with Gasteiger partial charge in [0.15, 0.2) is 0 Å². The smallest absolute Gasteiger partial charge is 0.274 e. The lowest BCUT2D eigenvalue weighted by Crippen LogP contribution is -2.17. The summed E-state index contributed by atoms with van der Waals surface area (Å²) in [5, 5.41) is 11.4. The monoisotopic (exact) mass is 323 g/mol. The van der Waals surface area contributed by atoms with Crippen LogP contribution in [0.3, 0.4) is 0 Å². The van der Waals surface area contributed by atoms with Crippen molar-refractivity contribution in [2.75, 3.05) is 5.32 Å². The van der Waals surface area contributed by atoms with Crippen molar-refractivity contribution >= 4 is 11.6 Å². The molecule has 1 N–H and O–H groups in total. The third-order valence-electron chi connectivity index (χ3n) is 3.74. The minimum absolute atomic E-state index is 0.171. The summed E-state index contributed by atoms with van der Waals surface area (Å²) >= 11 is 0. The minimum atomic E-state index is -0.171. The van der Waals surface area contributed by atoms with Gasteiger partial charge in [-0.15, -0.1) is 0 Å². The summed E-state index contributed by atoms with van der Waals surface area (Å²) in [5.74, 6) is -0.171. The third-order valence-corrected chi connectivity index (χ3v) is 3.74. The van der Waals surface area contributed by atoms with E-state index in [0.717, 1.165) is 13.0 Å². The maximum Gasteiger partial charge on any atom is 0.274 e. The average molecular weight is 323 g/mol. The first-order valence-electron chi connectivity index (χ1n) is 8.07. The van der Waals surface area contributed by atoms with E-state index in [9.17, 15) is 4.79 Å². The Morgan fingerprint density at radius 2 is 1.96 bits per heavy atom. The molecule has 1 amide bonds. The predicted octanol–water partition coefficient (Wildman–Crippen LogP) is 3.10. The molecule has 6 nitrogen and oxygen atoms in total.